The molecule has 0 aliphatic carbocycles. The fourth-order valence-corrected chi connectivity index (χ4v) is 0.754. The quantitative estimate of drug-likeness (QED) is 0.495. The standard InChI is InChI=1S/C9H9NO2/c11-8-12-6-2-4-9-3-1-5-10-7-9/h1-5,7-8H,6H2/b4-2+. The van der Waals surface area contributed by atoms with Crippen molar-refractivity contribution in [2.45, 2.75) is 0 Å². The summed E-state index contributed by atoms with van der Waals surface area (Å²) in [6, 6.07) is 3.77. The van der Waals surface area contributed by atoms with Gasteiger partial charge in [0, 0.05) is 12.4 Å². The van der Waals surface area contributed by atoms with Crippen LogP contribution in [0.5, 0.6) is 0 Å². The van der Waals surface area contributed by atoms with Crippen LogP contribution in [-0.2, 0) is 9.53 Å². The summed E-state index contributed by atoms with van der Waals surface area (Å²) in [7, 11) is 0. The smallest absolute Gasteiger partial charge is 0.293 e. The summed E-state index contributed by atoms with van der Waals surface area (Å²) in [4.78, 5) is 13.7. The van der Waals surface area contributed by atoms with Gasteiger partial charge in [-0.15, -0.1) is 0 Å². The third-order valence-corrected chi connectivity index (χ3v) is 1.26. The fourth-order valence-electron chi connectivity index (χ4n) is 0.754. The van der Waals surface area contributed by atoms with Crippen molar-refractivity contribution in [3.63, 3.8) is 0 Å². The molecule has 3 nitrogen and oxygen atoms in total. The maximum Gasteiger partial charge on any atom is 0.293 e. The van der Waals surface area contributed by atoms with Gasteiger partial charge in [0.2, 0.25) is 0 Å². The Bertz CT molecular complexity index is 256. The zero-order chi connectivity index (χ0) is 8.65. The minimum Gasteiger partial charge on any atom is -0.464 e. The third-order valence-electron chi connectivity index (χ3n) is 1.26. The SMILES string of the molecule is O=COC/C=C/c1cccnc1. The van der Waals surface area contributed by atoms with E-state index in [9.17, 15) is 4.79 Å². The highest BCUT2D eigenvalue weighted by molar-refractivity contribution is 5.47. The molecule has 0 spiro atoms. The maximum atomic E-state index is 9.75. The van der Waals surface area contributed by atoms with E-state index in [1.54, 1.807) is 18.5 Å². The highest BCUT2D eigenvalue weighted by atomic mass is 16.5. The van der Waals surface area contributed by atoms with Gasteiger partial charge in [0.25, 0.3) is 6.47 Å². The monoisotopic (exact) mass is 163 g/mol. The number of carbonyl (C=O) groups excluding carboxylic acids is 1. The zero-order valence-corrected chi connectivity index (χ0v) is 6.51. The predicted molar refractivity (Wildman–Crippen MR) is 45.3 cm³/mol. The first-order valence-electron chi connectivity index (χ1n) is 3.55. The summed E-state index contributed by atoms with van der Waals surface area (Å²) < 4.78 is 4.47. The van der Waals surface area contributed by atoms with Crippen LogP contribution < -0.4 is 0 Å². The molecule has 0 amide bonds. The molecule has 0 radical (unpaired) electrons. The third kappa shape index (κ3) is 2.96. The first-order valence-corrected chi connectivity index (χ1v) is 3.55. The van der Waals surface area contributed by atoms with Gasteiger partial charge in [-0.2, -0.15) is 0 Å². The van der Waals surface area contributed by atoms with Crippen LogP contribution in [-0.4, -0.2) is 18.1 Å². The van der Waals surface area contributed by atoms with Gasteiger partial charge in [0.1, 0.15) is 6.61 Å². The van der Waals surface area contributed by atoms with Crippen LogP contribution in [0.3, 0.4) is 0 Å². The molecular weight excluding hydrogens is 154 g/mol. The van der Waals surface area contributed by atoms with Crippen molar-refractivity contribution >= 4 is 12.5 Å². The van der Waals surface area contributed by atoms with Crippen LogP contribution in [0.25, 0.3) is 6.08 Å². The molecule has 0 aliphatic rings. The highest BCUT2D eigenvalue weighted by Crippen LogP contribution is 1.97. The van der Waals surface area contributed by atoms with E-state index in [4.69, 9.17) is 0 Å². The van der Waals surface area contributed by atoms with E-state index >= 15 is 0 Å². The van der Waals surface area contributed by atoms with E-state index in [1.807, 2.05) is 18.2 Å². The predicted octanol–water partition coefficient (Wildman–Crippen LogP) is 1.27. The van der Waals surface area contributed by atoms with E-state index in [0.29, 0.717) is 13.1 Å². The molecule has 3 heteroatoms. The molecule has 0 aliphatic heterocycles. The Morgan fingerprint density at radius 3 is 3.17 bits per heavy atom. The topological polar surface area (TPSA) is 39.2 Å². The van der Waals surface area contributed by atoms with E-state index in [2.05, 4.69) is 9.72 Å². The molecule has 1 heterocycles. The Morgan fingerprint density at radius 1 is 1.58 bits per heavy atom. The molecule has 0 fully saturated rings. The van der Waals surface area contributed by atoms with Gasteiger partial charge in [-0.25, -0.2) is 0 Å². The van der Waals surface area contributed by atoms with Crippen molar-refractivity contribution in [2.24, 2.45) is 0 Å². The first-order chi connectivity index (χ1) is 5.93. The average molecular weight is 163 g/mol. The Hall–Kier alpha value is -1.64. The lowest BCUT2D eigenvalue weighted by molar-refractivity contribution is -0.127. The van der Waals surface area contributed by atoms with E-state index in [1.165, 1.54) is 0 Å². The van der Waals surface area contributed by atoms with Gasteiger partial charge in [-0.1, -0.05) is 12.1 Å². The van der Waals surface area contributed by atoms with Gasteiger partial charge in [0.05, 0.1) is 0 Å². The summed E-state index contributed by atoms with van der Waals surface area (Å²) in [5, 5.41) is 0. The second kappa shape index (κ2) is 5.07. The molecule has 0 N–H and O–H groups in total. The number of hydrogen-bond acceptors (Lipinski definition) is 3. The number of rotatable bonds is 4. The summed E-state index contributed by atoms with van der Waals surface area (Å²) in [5.41, 5.74) is 0.993. The molecule has 1 rings (SSSR count). The van der Waals surface area contributed by atoms with Crippen LogP contribution in [0, 0.1) is 0 Å². The number of nitrogens with zero attached hydrogens (tertiary/aromatic N) is 1. The maximum absolute atomic E-state index is 9.75. The van der Waals surface area contributed by atoms with E-state index < -0.39 is 0 Å². The van der Waals surface area contributed by atoms with Crippen molar-refractivity contribution in [3.8, 4) is 0 Å². The highest BCUT2D eigenvalue weighted by Gasteiger charge is 1.82. The molecular formula is C9H9NO2. The molecule has 12 heavy (non-hydrogen) atoms. The molecule has 0 atom stereocenters. The first kappa shape index (κ1) is 8.46. The summed E-state index contributed by atoms with van der Waals surface area (Å²) in [5.74, 6) is 0. The van der Waals surface area contributed by atoms with Gasteiger partial charge in [-0.05, 0) is 17.7 Å². The molecule has 0 saturated heterocycles. The number of carbonyl (C=O) groups is 1. The van der Waals surface area contributed by atoms with E-state index in [-0.39, 0.29) is 0 Å². The molecule has 1 aromatic heterocycles. The molecule has 62 valence electrons. The van der Waals surface area contributed by atoms with Gasteiger partial charge >= 0.3 is 0 Å². The minimum absolute atomic E-state index is 0.304. The fraction of sp³-hybridized carbons (Fsp3) is 0.111. The summed E-state index contributed by atoms with van der Waals surface area (Å²) in [6.07, 6.45) is 7.04. The number of aromatic nitrogens is 1. The zero-order valence-electron chi connectivity index (χ0n) is 6.51. The van der Waals surface area contributed by atoms with E-state index in [0.717, 1.165) is 5.56 Å². The largest absolute Gasteiger partial charge is 0.464 e. The molecule has 0 aromatic carbocycles. The minimum atomic E-state index is 0.304. The van der Waals surface area contributed by atoms with Crippen molar-refractivity contribution in [1.82, 2.24) is 4.98 Å². The Balaban J connectivity index is 2.41. The molecule has 1 aromatic rings. The lowest BCUT2D eigenvalue weighted by Crippen LogP contribution is -1.85. The number of pyridine rings is 1. The van der Waals surface area contributed by atoms with Gasteiger partial charge in [0.15, 0.2) is 0 Å². The Kier molecular flexibility index (Phi) is 3.57. The molecule has 0 unspecified atom stereocenters. The van der Waals surface area contributed by atoms with Crippen LogP contribution in [0.1, 0.15) is 5.56 Å². The van der Waals surface area contributed by atoms with Crippen LogP contribution in [0.4, 0.5) is 0 Å². The van der Waals surface area contributed by atoms with Gasteiger partial charge in [-0.3, -0.25) is 9.78 Å². The average Bonchev–Trinajstić information content (AvgIpc) is 2.14. The molecule has 0 bridgehead atoms. The van der Waals surface area contributed by atoms with Crippen molar-refractivity contribution in [3.05, 3.63) is 36.2 Å². The summed E-state index contributed by atoms with van der Waals surface area (Å²) >= 11 is 0. The number of hydrogen-bond donors (Lipinski definition) is 0. The van der Waals surface area contributed by atoms with Gasteiger partial charge < -0.3 is 4.74 Å². The lowest BCUT2D eigenvalue weighted by atomic mass is 10.3. The second-order valence-electron chi connectivity index (χ2n) is 2.12. The normalized spacial score (nSPS) is 10.0. The lowest BCUT2D eigenvalue weighted by Gasteiger charge is -1.90. The second-order valence-corrected chi connectivity index (χ2v) is 2.12. The van der Waals surface area contributed by atoms with Crippen molar-refractivity contribution in [2.75, 3.05) is 6.61 Å². The van der Waals surface area contributed by atoms with Crippen molar-refractivity contribution in [1.29, 1.82) is 0 Å². The summed E-state index contributed by atoms with van der Waals surface area (Å²) in [6.45, 7) is 0.728. The van der Waals surface area contributed by atoms with Crippen LogP contribution in [0.15, 0.2) is 30.6 Å². The van der Waals surface area contributed by atoms with Crippen LogP contribution >= 0.6 is 0 Å². The van der Waals surface area contributed by atoms with Crippen molar-refractivity contribution < 1.29 is 9.53 Å². The Morgan fingerprint density at radius 2 is 2.50 bits per heavy atom. The molecule has 0 saturated carbocycles. The van der Waals surface area contributed by atoms with Crippen LogP contribution in [0.2, 0.25) is 0 Å². The number of ether oxygens (including phenoxy) is 1. The Labute approximate surface area is 70.7 Å².